The maximum Gasteiger partial charge on any atom is 0.0246 e. The summed E-state index contributed by atoms with van der Waals surface area (Å²) >= 11 is 0. The second-order valence-electron chi connectivity index (χ2n) is 4.20. The third-order valence-electron chi connectivity index (χ3n) is 3.35. The van der Waals surface area contributed by atoms with E-state index in [1.807, 2.05) is 0 Å². The first-order valence-electron chi connectivity index (χ1n) is 5.67. The van der Waals surface area contributed by atoms with Crippen molar-refractivity contribution >= 4 is 0 Å². The SMILES string of the molecule is CCC(NC)C1CCCCCN1C. The average Bonchev–Trinajstić information content (AvgIpc) is 2.34. The molecular formula is C11H24N2. The predicted octanol–water partition coefficient (Wildman–Crippen LogP) is 1.86. The predicted molar refractivity (Wildman–Crippen MR) is 58.0 cm³/mol. The van der Waals surface area contributed by atoms with E-state index < -0.39 is 0 Å². The Labute approximate surface area is 82.7 Å². The van der Waals surface area contributed by atoms with Crippen molar-refractivity contribution in [2.75, 3.05) is 20.6 Å². The first-order valence-corrected chi connectivity index (χ1v) is 5.67. The molecule has 0 aromatic heterocycles. The van der Waals surface area contributed by atoms with Crippen LogP contribution in [0.1, 0.15) is 39.0 Å². The Hall–Kier alpha value is -0.0800. The van der Waals surface area contributed by atoms with Gasteiger partial charge in [0.05, 0.1) is 0 Å². The Morgan fingerprint density at radius 2 is 2.15 bits per heavy atom. The number of hydrogen-bond donors (Lipinski definition) is 1. The van der Waals surface area contributed by atoms with E-state index in [0.717, 1.165) is 6.04 Å². The smallest absolute Gasteiger partial charge is 0.0246 e. The van der Waals surface area contributed by atoms with Gasteiger partial charge in [-0.3, -0.25) is 0 Å². The molecule has 1 fully saturated rings. The van der Waals surface area contributed by atoms with Gasteiger partial charge in [-0.25, -0.2) is 0 Å². The molecule has 78 valence electrons. The fourth-order valence-corrected chi connectivity index (χ4v) is 2.45. The van der Waals surface area contributed by atoms with E-state index in [1.54, 1.807) is 0 Å². The van der Waals surface area contributed by atoms with Gasteiger partial charge in [0.2, 0.25) is 0 Å². The molecule has 1 aliphatic heterocycles. The summed E-state index contributed by atoms with van der Waals surface area (Å²) in [5.41, 5.74) is 0. The molecule has 0 spiro atoms. The van der Waals surface area contributed by atoms with E-state index in [0.29, 0.717) is 6.04 Å². The van der Waals surface area contributed by atoms with E-state index in [-0.39, 0.29) is 0 Å². The van der Waals surface area contributed by atoms with Crippen molar-refractivity contribution in [1.29, 1.82) is 0 Å². The van der Waals surface area contributed by atoms with Crippen LogP contribution in [-0.2, 0) is 0 Å². The first-order chi connectivity index (χ1) is 6.29. The Kier molecular flexibility index (Phi) is 4.74. The zero-order chi connectivity index (χ0) is 9.68. The first kappa shape index (κ1) is 11.0. The van der Waals surface area contributed by atoms with Crippen LogP contribution < -0.4 is 5.32 Å². The number of likely N-dealkylation sites (tertiary alicyclic amines) is 1. The molecule has 2 atom stereocenters. The van der Waals surface area contributed by atoms with Crippen LogP contribution in [0.4, 0.5) is 0 Å². The number of nitrogens with one attached hydrogen (secondary N) is 1. The molecule has 2 heteroatoms. The van der Waals surface area contributed by atoms with Crippen molar-refractivity contribution in [3.8, 4) is 0 Å². The molecule has 1 rings (SSSR count). The summed E-state index contributed by atoms with van der Waals surface area (Å²) < 4.78 is 0. The molecule has 0 saturated carbocycles. The number of nitrogens with zero attached hydrogens (tertiary/aromatic N) is 1. The lowest BCUT2D eigenvalue weighted by Gasteiger charge is -2.32. The molecule has 2 unspecified atom stereocenters. The average molecular weight is 184 g/mol. The molecule has 0 bridgehead atoms. The molecule has 0 amide bonds. The van der Waals surface area contributed by atoms with Crippen molar-refractivity contribution in [2.45, 2.75) is 51.1 Å². The maximum atomic E-state index is 3.44. The Morgan fingerprint density at radius 1 is 1.38 bits per heavy atom. The minimum absolute atomic E-state index is 0.683. The summed E-state index contributed by atoms with van der Waals surface area (Å²) in [6.07, 6.45) is 6.82. The van der Waals surface area contributed by atoms with Crippen molar-refractivity contribution in [3.05, 3.63) is 0 Å². The highest BCUT2D eigenvalue weighted by Crippen LogP contribution is 2.18. The third-order valence-corrected chi connectivity index (χ3v) is 3.35. The fraction of sp³-hybridized carbons (Fsp3) is 1.00. The lowest BCUT2D eigenvalue weighted by atomic mass is 10.00. The monoisotopic (exact) mass is 184 g/mol. The van der Waals surface area contributed by atoms with Crippen LogP contribution in [0.2, 0.25) is 0 Å². The lowest BCUT2D eigenvalue weighted by molar-refractivity contribution is 0.195. The van der Waals surface area contributed by atoms with E-state index in [4.69, 9.17) is 0 Å². The molecular weight excluding hydrogens is 160 g/mol. The van der Waals surface area contributed by atoms with Crippen LogP contribution >= 0.6 is 0 Å². The molecule has 2 nitrogen and oxygen atoms in total. The largest absolute Gasteiger partial charge is 0.315 e. The van der Waals surface area contributed by atoms with Crippen LogP contribution in [0.3, 0.4) is 0 Å². The van der Waals surface area contributed by atoms with Gasteiger partial charge in [-0.2, -0.15) is 0 Å². The normalized spacial score (nSPS) is 28.4. The van der Waals surface area contributed by atoms with Crippen LogP contribution in [0, 0.1) is 0 Å². The summed E-state index contributed by atoms with van der Waals surface area (Å²) in [6, 6.07) is 1.44. The van der Waals surface area contributed by atoms with Crippen molar-refractivity contribution in [2.24, 2.45) is 0 Å². The van der Waals surface area contributed by atoms with Crippen LogP contribution in [0.5, 0.6) is 0 Å². The number of rotatable bonds is 3. The van der Waals surface area contributed by atoms with E-state index in [2.05, 4.69) is 31.2 Å². The van der Waals surface area contributed by atoms with E-state index in [9.17, 15) is 0 Å². The number of hydrogen-bond acceptors (Lipinski definition) is 2. The highest BCUT2D eigenvalue weighted by atomic mass is 15.2. The Balaban J connectivity index is 2.51. The lowest BCUT2D eigenvalue weighted by Crippen LogP contribution is -2.46. The Bertz CT molecular complexity index is 132. The molecule has 0 aliphatic carbocycles. The fourth-order valence-electron chi connectivity index (χ4n) is 2.45. The van der Waals surface area contributed by atoms with Crippen LogP contribution in [-0.4, -0.2) is 37.6 Å². The minimum atomic E-state index is 0.683. The summed E-state index contributed by atoms with van der Waals surface area (Å²) in [6.45, 7) is 3.56. The van der Waals surface area contributed by atoms with E-state index >= 15 is 0 Å². The topological polar surface area (TPSA) is 15.3 Å². The van der Waals surface area contributed by atoms with Crippen molar-refractivity contribution < 1.29 is 0 Å². The highest BCUT2D eigenvalue weighted by Gasteiger charge is 2.23. The third kappa shape index (κ3) is 2.96. The minimum Gasteiger partial charge on any atom is -0.315 e. The summed E-state index contributed by atoms with van der Waals surface area (Å²) in [4.78, 5) is 2.54. The molecule has 1 saturated heterocycles. The molecule has 0 aromatic carbocycles. The van der Waals surface area contributed by atoms with Gasteiger partial charge < -0.3 is 10.2 Å². The van der Waals surface area contributed by atoms with Crippen molar-refractivity contribution in [3.63, 3.8) is 0 Å². The molecule has 1 heterocycles. The van der Waals surface area contributed by atoms with Gasteiger partial charge in [0.1, 0.15) is 0 Å². The van der Waals surface area contributed by atoms with Gasteiger partial charge in [-0.05, 0) is 39.9 Å². The van der Waals surface area contributed by atoms with Gasteiger partial charge >= 0.3 is 0 Å². The Morgan fingerprint density at radius 3 is 2.77 bits per heavy atom. The highest BCUT2D eigenvalue weighted by molar-refractivity contribution is 4.83. The zero-order valence-electron chi connectivity index (χ0n) is 9.34. The van der Waals surface area contributed by atoms with Crippen molar-refractivity contribution in [1.82, 2.24) is 10.2 Å². The summed E-state index contributed by atoms with van der Waals surface area (Å²) in [5.74, 6) is 0. The molecule has 1 aliphatic rings. The van der Waals surface area contributed by atoms with Gasteiger partial charge in [0.15, 0.2) is 0 Å². The summed E-state index contributed by atoms with van der Waals surface area (Å²) in [5, 5.41) is 3.44. The maximum absolute atomic E-state index is 3.44. The molecule has 0 aromatic rings. The standard InChI is InChI=1S/C11H24N2/c1-4-10(12-2)11-8-6-5-7-9-13(11)3/h10-12H,4-9H2,1-3H3. The van der Waals surface area contributed by atoms with Crippen LogP contribution in [0.25, 0.3) is 0 Å². The molecule has 13 heavy (non-hydrogen) atoms. The second-order valence-corrected chi connectivity index (χ2v) is 4.20. The van der Waals surface area contributed by atoms with E-state index in [1.165, 1.54) is 38.6 Å². The molecule has 0 radical (unpaired) electrons. The van der Waals surface area contributed by atoms with Gasteiger partial charge in [-0.1, -0.05) is 19.8 Å². The summed E-state index contributed by atoms with van der Waals surface area (Å²) in [7, 11) is 4.36. The van der Waals surface area contributed by atoms with Gasteiger partial charge in [-0.15, -0.1) is 0 Å². The van der Waals surface area contributed by atoms with Gasteiger partial charge in [0, 0.05) is 12.1 Å². The van der Waals surface area contributed by atoms with Crippen LogP contribution in [0.15, 0.2) is 0 Å². The zero-order valence-corrected chi connectivity index (χ0v) is 9.34. The number of likely N-dealkylation sites (N-methyl/N-ethyl adjacent to an activating group) is 2. The molecule has 1 N–H and O–H groups in total. The quantitative estimate of drug-likeness (QED) is 0.720. The van der Waals surface area contributed by atoms with Gasteiger partial charge in [0.25, 0.3) is 0 Å². The second kappa shape index (κ2) is 5.61.